The minimum Gasteiger partial charge on any atom is -0.389 e. The van der Waals surface area contributed by atoms with Crippen LogP contribution in [0.2, 0.25) is 0 Å². The summed E-state index contributed by atoms with van der Waals surface area (Å²) in [5.41, 5.74) is 0. The maximum atomic E-state index is 9.84. The van der Waals surface area contributed by atoms with Crippen molar-refractivity contribution in [3.8, 4) is 0 Å². The van der Waals surface area contributed by atoms with Crippen molar-refractivity contribution in [3.63, 3.8) is 0 Å². The van der Waals surface area contributed by atoms with Crippen LogP contribution in [0.25, 0.3) is 0 Å². The zero-order valence-corrected chi connectivity index (χ0v) is 13.5. The van der Waals surface area contributed by atoms with Gasteiger partial charge in [-0.1, -0.05) is 52.9 Å². The third-order valence-corrected chi connectivity index (χ3v) is 3.88. The third-order valence-electron chi connectivity index (χ3n) is 3.88. The first-order chi connectivity index (χ1) is 9.15. The molecular weight excluding hydrogens is 238 g/mol. The smallest absolute Gasteiger partial charge is 0.0897 e. The predicted octanol–water partition coefficient (Wildman–Crippen LogP) is 3.36. The van der Waals surface area contributed by atoms with Gasteiger partial charge < -0.3 is 15.2 Å². The highest BCUT2D eigenvalue weighted by Gasteiger charge is 2.14. The van der Waals surface area contributed by atoms with E-state index in [0.29, 0.717) is 25.1 Å². The summed E-state index contributed by atoms with van der Waals surface area (Å²) in [6.07, 6.45) is 6.86. The van der Waals surface area contributed by atoms with Gasteiger partial charge in [0.1, 0.15) is 0 Å². The van der Waals surface area contributed by atoms with Crippen LogP contribution in [-0.4, -0.2) is 37.0 Å². The van der Waals surface area contributed by atoms with Crippen LogP contribution in [0.3, 0.4) is 0 Å². The van der Waals surface area contributed by atoms with Crippen molar-refractivity contribution in [1.29, 1.82) is 0 Å². The Labute approximate surface area is 120 Å². The minimum atomic E-state index is -0.386. The van der Waals surface area contributed by atoms with Crippen LogP contribution >= 0.6 is 0 Å². The number of rotatable bonds is 13. The van der Waals surface area contributed by atoms with Gasteiger partial charge in [-0.25, -0.2) is 0 Å². The summed E-state index contributed by atoms with van der Waals surface area (Å²) in [4.78, 5) is 0. The van der Waals surface area contributed by atoms with Crippen molar-refractivity contribution in [3.05, 3.63) is 0 Å². The Morgan fingerprint density at radius 2 is 1.74 bits per heavy atom. The molecule has 0 aliphatic heterocycles. The zero-order chi connectivity index (χ0) is 14.5. The maximum absolute atomic E-state index is 9.84. The molecule has 0 aromatic heterocycles. The van der Waals surface area contributed by atoms with E-state index in [9.17, 15) is 5.11 Å². The van der Waals surface area contributed by atoms with Crippen LogP contribution in [0.15, 0.2) is 0 Å². The van der Waals surface area contributed by atoms with E-state index in [1.807, 2.05) is 0 Å². The first-order valence-corrected chi connectivity index (χ1v) is 8.14. The standard InChI is InChI=1S/C16H35NO2/c1-5-8-9-10-11-19-13-16(18)12-17-14(4)15(6-2)7-3/h14-18H,5-13H2,1-4H3. The Kier molecular flexibility index (Phi) is 12.8. The van der Waals surface area contributed by atoms with E-state index in [4.69, 9.17) is 4.74 Å². The van der Waals surface area contributed by atoms with E-state index in [1.165, 1.54) is 32.1 Å². The van der Waals surface area contributed by atoms with Gasteiger partial charge in [-0.15, -0.1) is 0 Å². The summed E-state index contributed by atoms with van der Waals surface area (Å²) in [7, 11) is 0. The van der Waals surface area contributed by atoms with Gasteiger partial charge in [-0.05, 0) is 19.3 Å². The van der Waals surface area contributed by atoms with Gasteiger partial charge in [0.05, 0.1) is 12.7 Å². The predicted molar refractivity (Wildman–Crippen MR) is 82.5 cm³/mol. The summed E-state index contributed by atoms with van der Waals surface area (Å²) in [6, 6.07) is 0.467. The highest BCUT2D eigenvalue weighted by atomic mass is 16.5. The van der Waals surface area contributed by atoms with Gasteiger partial charge in [0.2, 0.25) is 0 Å². The average Bonchev–Trinajstić information content (AvgIpc) is 2.41. The number of unbranched alkanes of at least 4 members (excludes halogenated alkanes) is 3. The molecule has 0 fully saturated rings. The second kappa shape index (κ2) is 12.9. The van der Waals surface area contributed by atoms with Gasteiger partial charge in [-0.3, -0.25) is 0 Å². The Morgan fingerprint density at radius 3 is 2.32 bits per heavy atom. The van der Waals surface area contributed by atoms with Gasteiger partial charge in [0, 0.05) is 19.2 Å². The summed E-state index contributed by atoms with van der Waals surface area (Å²) >= 11 is 0. The highest BCUT2D eigenvalue weighted by Crippen LogP contribution is 2.12. The molecule has 2 unspecified atom stereocenters. The van der Waals surface area contributed by atoms with Crippen molar-refractivity contribution in [1.82, 2.24) is 5.32 Å². The number of aliphatic hydroxyl groups is 1. The molecule has 0 bridgehead atoms. The molecule has 0 amide bonds. The summed E-state index contributed by atoms with van der Waals surface area (Å²) < 4.78 is 5.50. The van der Waals surface area contributed by atoms with Gasteiger partial charge in [0.25, 0.3) is 0 Å². The largest absolute Gasteiger partial charge is 0.389 e. The molecule has 0 saturated heterocycles. The molecule has 0 rings (SSSR count). The Morgan fingerprint density at radius 1 is 1.05 bits per heavy atom. The second-order valence-electron chi connectivity index (χ2n) is 5.56. The van der Waals surface area contributed by atoms with Crippen LogP contribution in [-0.2, 0) is 4.74 Å². The molecule has 0 spiro atoms. The van der Waals surface area contributed by atoms with E-state index >= 15 is 0 Å². The number of ether oxygens (including phenoxy) is 1. The summed E-state index contributed by atoms with van der Waals surface area (Å²) in [6.45, 7) is 10.7. The van der Waals surface area contributed by atoms with Gasteiger partial charge in [-0.2, -0.15) is 0 Å². The van der Waals surface area contributed by atoms with Crippen LogP contribution in [0.5, 0.6) is 0 Å². The summed E-state index contributed by atoms with van der Waals surface area (Å²) in [5, 5.41) is 13.3. The molecule has 2 N–H and O–H groups in total. The molecule has 3 nitrogen and oxygen atoms in total. The highest BCUT2D eigenvalue weighted by molar-refractivity contribution is 4.71. The Hall–Kier alpha value is -0.120. The number of hydrogen-bond acceptors (Lipinski definition) is 3. The molecule has 2 atom stereocenters. The van der Waals surface area contributed by atoms with Crippen molar-refractivity contribution < 1.29 is 9.84 Å². The molecule has 3 heteroatoms. The SMILES string of the molecule is CCCCCCOCC(O)CNC(C)C(CC)CC. The molecule has 0 aromatic carbocycles. The van der Waals surface area contributed by atoms with Crippen molar-refractivity contribution in [2.45, 2.75) is 78.4 Å². The molecule has 19 heavy (non-hydrogen) atoms. The van der Waals surface area contributed by atoms with Crippen LogP contribution < -0.4 is 5.32 Å². The number of aliphatic hydroxyl groups excluding tert-OH is 1. The van der Waals surface area contributed by atoms with Crippen LogP contribution in [0.1, 0.15) is 66.2 Å². The van der Waals surface area contributed by atoms with E-state index in [2.05, 4.69) is 33.0 Å². The van der Waals surface area contributed by atoms with Gasteiger partial charge in [0.15, 0.2) is 0 Å². The fourth-order valence-electron chi connectivity index (χ4n) is 2.39. The zero-order valence-electron chi connectivity index (χ0n) is 13.5. The molecule has 0 saturated carbocycles. The van der Waals surface area contributed by atoms with Crippen molar-refractivity contribution in [2.24, 2.45) is 5.92 Å². The molecule has 0 aromatic rings. The van der Waals surface area contributed by atoms with E-state index in [-0.39, 0.29) is 6.10 Å². The van der Waals surface area contributed by atoms with Crippen LogP contribution in [0, 0.1) is 5.92 Å². The average molecular weight is 273 g/mol. The van der Waals surface area contributed by atoms with Crippen LogP contribution in [0.4, 0.5) is 0 Å². The van der Waals surface area contributed by atoms with E-state index in [1.54, 1.807) is 0 Å². The van der Waals surface area contributed by atoms with Crippen molar-refractivity contribution in [2.75, 3.05) is 19.8 Å². The lowest BCUT2D eigenvalue weighted by atomic mass is 9.95. The van der Waals surface area contributed by atoms with Gasteiger partial charge >= 0.3 is 0 Å². The number of hydrogen-bond donors (Lipinski definition) is 2. The fourth-order valence-corrected chi connectivity index (χ4v) is 2.39. The molecule has 0 heterocycles. The fraction of sp³-hybridized carbons (Fsp3) is 1.00. The van der Waals surface area contributed by atoms with E-state index < -0.39 is 0 Å². The lowest BCUT2D eigenvalue weighted by molar-refractivity contribution is 0.0333. The quantitative estimate of drug-likeness (QED) is 0.506. The lowest BCUT2D eigenvalue weighted by Crippen LogP contribution is -2.39. The Balaban J connectivity index is 3.50. The van der Waals surface area contributed by atoms with E-state index in [0.717, 1.165) is 13.0 Å². The second-order valence-corrected chi connectivity index (χ2v) is 5.56. The Bertz CT molecular complexity index is 184. The lowest BCUT2D eigenvalue weighted by Gasteiger charge is -2.24. The molecule has 0 aliphatic rings. The third kappa shape index (κ3) is 10.3. The molecule has 0 radical (unpaired) electrons. The molecule has 116 valence electrons. The number of nitrogens with one attached hydrogen (secondary N) is 1. The summed E-state index contributed by atoms with van der Waals surface area (Å²) in [5.74, 6) is 0.696. The monoisotopic (exact) mass is 273 g/mol. The first-order valence-electron chi connectivity index (χ1n) is 8.14. The topological polar surface area (TPSA) is 41.5 Å². The minimum absolute atomic E-state index is 0.386. The normalized spacial score (nSPS) is 14.8. The first kappa shape index (κ1) is 18.9. The molecule has 0 aliphatic carbocycles. The molecular formula is C16H35NO2. The maximum Gasteiger partial charge on any atom is 0.0897 e. The van der Waals surface area contributed by atoms with Crippen molar-refractivity contribution >= 4 is 0 Å².